The van der Waals surface area contributed by atoms with E-state index in [4.69, 9.17) is 0 Å². The van der Waals surface area contributed by atoms with Crippen LogP contribution in [0.3, 0.4) is 0 Å². The molecule has 0 saturated carbocycles. The number of likely N-dealkylation sites (tertiary alicyclic amines) is 1. The predicted molar refractivity (Wildman–Crippen MR) is 106 cm³/mol. The first-order valence-corrected chi connectivity index (χ1v) is 11.3. The van der Waals surface area contributed by atoms with Gasteiger partial charge in [-0.1, -0.05) is 13.8 Å². The van der Waals surface area contributed by atoms with Gasteiger partial charge in [0.05, 0.1) is 4.90 Å². The maximum atomic E-state index is 13.0. The summed E-state index contributed by atoms with van der Waals surface area (Å²) in [6, 6.07) is 6.77. The minimum atomic E-state index is -3.51. The Morgan fingerprint density at radius 2 is 1.70 bits per heavy atom. The molecule has 6 nitrogen and oxygen atoms in total. The molecular weight excluding hydrogens is 362 g/mol. The van der Waals surface area contributed by atoms with Crippen molar-refractivity contribution in [2.75, 3.05) is 33.2 Å². The lowest BCUT2D eigenvalue weighted by atomic mass is 9.94. The average molecular weight is 394 g/mol. The smallest absolute Gasteiger partial charge is 0.253 e. The summed E-state index contributed by atoms with van der Waals surface area (Å²) in [7, 11) is -1.59. The van der Waals surface area contributed by atoms with Crippen molar-refractivity contribution in [2.45, 2.75) is 44.0 Å². The number of nitrogens with one attached hydrogen (secondary N) is 1. The van der Waals surface area contributed by atoms with Crippen LogP contribution in [-0.2, 0) is 10.0 Å². The van der Waals surface area contributed by atoms with Crippen molar-refractivity contribution < 1.29 is 13.2 Å². The zero-order valence-corrected chi connectivity index (χ0v) is 17.3. The van der Waals surface area contributed by atoms with E-state index < -0.39 is 10.0 Å². The summed E-state index contributed by atoms with van der Waals surface area (Å²) >= 11 is 0. The molecule has 2 heterocycles. The molecule has 0 aliphatic carbocycles. The first-order valence-electron chi connectivity index (χ1n) is 9.88. The largest absolute Gasteiger partial charge is 0.337 e. The van der Waals surface area contributed by atoms with Crippen LogP contribution in [0.2, 0.25) is 0 Å². The molecule has 0 aromatic heterocycles. The van der Waals surface area contributed by atoms with Crippen molar-refractivity contribution in [3.8, 4) is 0 Å². The first-order chi connectivity index (χ1) is 12.8. The number of amides is 1. The number of likely N-dealkylation sites (N-methyl/N-ethyl adjacent to an activating group) is 1. The van der Waals surface area contributed by atoms with Crippen molar-refractivity contribution in [3.05, 3.63) is 29.8 Å². The summed E-state index contributed by atoms with van der Waals surface area (Å²) < 4.78 is 27.5. The highest BCUT2D eigenvalue weighted by Crippen LogP contribution is 2.27. The third kappa shape index (κ3) is 4.52. The van der Waals surface area contributed by atoms with E-state index in [1.807, 2.05) is 11.9 Å². The van der Waals surface area contributed by atoms with Crippen molar-refractivity contribution in [1.82, 2.24) is 14.5 Å². The third-order valence-corrected chi connectivity index (χ3v) is 7.54. The molecule has 1 aromatic carbocycles. The maximum Gasteiger partial charge on any atom is 0.253 e. The molecule has 3 rings (SSSR count). The number of carbonyl (C=O) groups excluding carboxylic acids is 1. The van der Waals surface area contributed by atoms with Gasteiger partial charge in [0, 0.05) is 37.8 Å². The van der Waals surface area contributed by atoms with Crippen LogP contribution >= 0.6 is 0 Å². The number of benzene rings is 1. The van der Waals surface area contributed by atoms with Crippen molar-refractivity contribution >= 4 is 15.9 Å². The molecule has 3 unspecified atom stereocenters. The van der Waals surface area contributed by atoms with Gasteiger partial charge in [0.15, 0.2) is 0 Å². The van der Waals surface area contributed by atoms with Crippen LogP contribution < -0.4 is 5.32 Å². The lowest BCUT2D eigenvalue weighted by Crippen LogP contribution is -2.47. The number of piperidine rings is 2. The summed E-state index contributed by atoms with van der Waals surface area (Å²) in [6.45, 7) is 6.76. The molecule has 3 atom stereocenters. The van der Waals surface area contributed by atoms with Gasteiger partial charge in [-0.25, -0.2) is 8.42 Å². The van der Waals surface area contributed by atoms with Crippen LogP contribution in [0.4, 0.5) is 0 Å². The Hall–Kier alpha value is -1.44. The number of nitrogens with zero attached hydrogens (tertiary/aromatic N) is 2. The normalized spacial score (nSPS) is 27.5. The van der Waals surface area contributed by atoms with Crippen LogP contribution in [0.15, 0.2) is 29.2 Å². The van der Waals surface area contributed by atoms with Gasteiger partial charge in [-0.3, -0.25) is 4.79 Å². The monoisotopic (exact) mass is 393 g/mol. The summed E-state index contributed by atoms with van der Waals surface area (Å²) in [5.41, 5.74) is 0.547. The maximum absolute atomic E-state index is 13.0. The summed E-state index contributed by atoms with van der Waals surface area (Å²) in [5.74, 6) is 0.700. The Balaban J connectivity index is 1.73. The topological polar surface area (TPSA) is 69.7 Å². The van der Waals surface area contributed by atoms with Crippen molar-refractivity contribution in [2.24, 2.45) is 11.8 Å². The average Bonchev–Trinajstić information content (AvgIpc) is 2.67. The van der Waals surface area contributed by atoms with E-state index in [1.165, 1.54) is 0 Å². The van der Waals surface area contributed by atoms with E-state index in [-0.39, 0.29) is 10.8 Å². The molecule has 2 aliphatic rings. The second-order valence-electron chi connectivity index (χ2n) is 8.17. The Morgan fingerprint density at radius 3 is 2.30 bits per heavy atom. The zero-order chi connectivity index (χ0) is 19.6. The van der Waals surface area contributed by atoms with Gasteiger partial charge >= 0.3 is 0 Å². The molecule has 1 N–H and O–H groups in total. The number of sulfonamides is 1. The van der Waals surface area contributed by atoms with Crippen LogP contribution in [0.1, 0.15) is 43.5 Å². The number of hydrogen-bond donors (Lipinski definition) is 1. The molecule has 0 radical (unpaired) electrons. The van der Waals surface area contributed by atoms with Crippen LogP contribution in [-0.4, -0.2) is 62.8 Å². The van der Waals surface area contributed by atoms with E-state index in [1.54, 1.807) is 28.6 Å². The fourth-order valence-electron chi connectivity index (χ4n) is 4.30. The first kappa shape index (κ1) is 20.3. The summed E-state index contributed by atoms with van der Waals surface area (Å²) in [4.78, 5) is 14.9. The second-order valence-corrected chi connectivity index (χ2v) is 10.1. The van der Waals surface area contributed by atoms with Gasteiger partial charge in [0.25, 0.3) is 5.91 Å². The Morgan fingerprint density at radius 1 is 1.07 bits per heavy atom. The van der Waals surface area contributed by atoms with Gasteiger partial charge in [0.2, 0.25) is 10.0 Å². The molecule has 0 bridgehead atoms. The summed E-state index contributed by atoms with van der Waals surface area (Å²) in [6.07, 6.45) is 3.11. The third-order valence-electron chi connectivity index (χ3n) is 5.69. The molecule has 7 heteroatoms. The van der Waals surface area contributed by atoms with E-state index >= 15 is 0 Å². The van der Waals surface area contributed by atoms with Crippen LogP contribution in [0, 0.1) is 11.8 Å². The molecule has 1 amide bonds. The van der Waals surface area contributed by atoms with Gasteiger partial charge in [-0.2, -0.15) is 4.31 Å². The minimum absolute atomic E-state index is 0.0286. The van der Waals surface area contributed by atoms with Gasteiger partial charge < -0.3 is 10.2 Å². The van der Waals surface area contributed by atoms with Crippen LogP contribution in [0.5, 0.6) is 0 Å². The molecule has 0 spiro atoms. The highest BCUT2D eigenvalue weighted by atomic mass is 32.2. The summed E-state index contributed by atoms with van der Waals surface area (Å²) in [5, 5.41) is 3.23. The van der Waals surface area contributed by atoms with E-state index in [9.17, 15) is 13.2 Å². The zero-order valence-electron chi connectivity index (χ0n) is 16.5. The van der Waals surface area contributed by atoms with Gasteiger partial charge in [0.1, 0.15) is 0 Å². The Kier molecular flexibility index (Phi) is 6.23. The molecule has 2 saturated heterocycles. The highest BCUT2D eigenvalue weighted by molar-refractivity contribution is 7.89. The number of rotatable bonds is 4. The molecular formula is C20H31N3O3S. The van der Waals surface area contributed by atoms with Crippen molar-refractivity contribution in [3.63, 3.8) is 0 Å². The predicted octanol–water partition coefficient (Wildman–Crippen LogP) is 2.18. The minimum Gasteiger partial charge on any atom is -0.337 e. The fourth-order valence-corrected chi connectivity index (χ4v) is 5.98. The molecule has 2 aliphatic heterocycles. The molecule has 1 aromatic rings. The number of carbonyl (C=O) groups is 1. The SMILES string of the molecule is CNC1CCCN(C(=O)c2ccc(S(=O)(=O)N3CC(C)CC(C)C3)cc2)C1. The Bertz CT molecular complexity index is 753. The molecule has 27 heavy (non-hydrogen) atoms. The number of hydrogen-bond acceptors (Lipinski definition) is 4. The standard InChI is InChI=1S/C20H31N3O3S/c1-15-11-16(2)13-23(12-15)27(25,26)19-8-6-17(7-9-19)20(24)22-10-4-5-18(14-22)21-3/h6-9,15-16,18,21H,4-5,10-14H2,1-3H3. The fraction of sp³-hybridized carbons (Fsp3) is 0.650. The molecule has 2 fully saturated rings. The van der Waals surface area contributed by atoms with Gasteiger partial charge in [-0.15, -0.1) is 0 Å². The van der Waals surface area contributed by atoms with Gasteiger partial charge in [-0.05, 0) is 62.4 Å². The highest BCUT2D eigenvalue weighted by Gasteiger charge is 2.32. The van der Waals surface area contributed by atoms with E-state index in [0.717, 1.165) is 25.8 Å². The van der Waals surface area contributed by atoms with Crippen LogP contribution in [0.25, 0.3) is 0 Å². The lowest BCUT2D eigenvalue weighted by molar-refractivity contribution is 0.0698. The lowest BCUT2D eigenvalue weighted by Gasteiger charge is -2.34. The quantitative estimate of drug-likeness (QED) is 0.851. The van der Waals surface area contributed by atoms with Crippen molar-refractivity contribution in [1.29, 1.82) is 0 Å². The Labute approximate surface area is 163 Å². The van der Waals surface area contributed by atoms with E-state index in [2.05, 4.69) is 19.2 Å². The molecule has 150 valence electrons. The second kappa shape index (κ2) is 8.29. The van der Waals surface area contributed by atoms with E-state index in [0.29, 0.717) is 43.1 Å².